The van der Waals surface area contributed by atoms with Crippen molar-refractivity contribution in [2.75, 3.05) is 6.54 Å². The molecule has 162 valence electrons. The van der Waals surface area contributed by atoms with E-state index in [0.29, 0.717) is 36.8 Å². The maximum Gasteiger partial charge on any atom is 0.212 e. The van der Waals surface area contributed by atoms with Crippen molar-refractivity contribution >= 4 is 0 Å². The average Bonchev–Trinajstić information content (AvgIpc) is 3.45. The lowest BCUT2D eigenvalue weighted by Gasteiger charge is -2.39. The Kier molecular flexibility index (Phi) is 4.35. The molecule has 3 aromatic heterocycles. The zero-order valence-corrected chi connectivity index (χ0v) is 17.4. The maximum atomic E-state index is 14.0. The zero-order valence-electron chi connectivity index (χ0n) is 17.4. The second-order valence-electron chi connectivity index (χ2n) is 8.26. The fourth-order valence-corrected chi connectivity index (χ4v) is 4.74. The molecule has 10 heteroatoms. The highest BCUT2D eigenvalue weighted by molar-refractivity contribution is 5.63. The Hall–Kier alpha value is -3.53. The minimum atomic E-state index is -0.527. The molecule has 0 saturated carbocycles. The standard InChI is InChI=1S/C22H20F2N8/c1-13(18-10-32-22(26-12-27-32)17-8-15(23)3-4-16(17)18)30-6-7-31-20(11-30)28-21(29-31)14-2-5-19(24)25-9-14/h2-5,8-9,12-13,18H,6-7,10-11H2,1H3. The third-order valence-electron chi connectivity index (χ3n) is 6.48. The Bertz CT molecular complexity index is 1300. The van der Waals surface area contributed by atoms with Crippen molar-refractivity contribution in [3.8, 4) is 22.8 Å². The van der Waals surface area contributed by atoms with Crippen LogP contribution in [0.2, 0.25) is 0 Å². The maximum absolute atomic E-state index is 14.0. The molecule has 2 unspecified atom stereocenters. The van der Waals surface area contributed by atoms with Crippen molar-refractivity contribution in [3.05, 3.63) is 66.0 Å². The SMILES string of the molecule is CC(C1Cn2ncnc2-c2cc(F)ccc21)N1CCn2nc(-c3ccc(F)nc3)nc2C1. The van der Waals surface area contributed by atoms with Crippen LogP contribution < -0.4 is 0 Å². The number of nitrogens with zero attached hydrogens (tertiary/aromatic N) is 8. The summed E-state index contributed by atoms with van der Waals surface area (Å²) in [6, 6.07) is 8.04. The highest BCUT2D eigenvalue weighted by Crippen LogP contribution is 2.38. The van der Waals surface area contributed by atoms with Crippen molar-refractivity contribution in [2.45, 2.75) is 38.5 Å². The summed E-state index contributed by atoms with van der Waals surface area (Å²) in [5.74, 6) is 1.45. The molecule has 0 bridgehead atoms. The number of hydrogen-bond acceptors (Lipinski definition) is 6. The van der Waals surface area contributed by atoms with Gasteiger partial charge in [0.05, 0.1) is 19.6 Å². The molecule has 8 nitrogen and oxygen atoms in total. The van der Waals surface area contributed by atoms with Gasteiger partial charge in [0, 0.05) is 35.8 Å². The van der Waals surface area contributed by atoms with E-state index < -0.39 is 5.95 Å². The van der Waals surface area contributed by atoms with Gasteiger partial charge in [0.25, 0.3) is 0 Å². The minimum Gasteiger partial charge on any atom is -0.291 e. The van der Waals surface area contributed by atoms with Crippen LogP contribution in [0.5, 0.6) is 0 Å². The average molecular weight is 434 g/mol. The summed E-state index contributed by atoms with van der Waals surface area (Å²) in [7, 11) is 0. The van der Waals surface area contributed by atoms with Gasteiger partial charge < -0.3 is 0 Å². The topological polar surface area (TPSA) is 77.5 Å². The number of benzene rings is 1. The number of pyridine rings is 1. The first kappa shape index (κ1) is 19.2. The molecule has 0 radical (unpaired) electrons. The van der Waals surface area contributed by atoms with Gasteiger partial charge in [-0.15, -0.1) is 0 Å². The predicted octanol–water partition coefficient (Wildman–Crippen LogP) is 2.88. The fourth-order valence-electron chi connectivity index (χ4n) is 4.74. The Morgan fingerprint density at radius 2 is 1.97 bits per heavy atom. The second-order valence-corrected chi connectivity index (χ2v) is 8.26. The molecule has 5 heterocycles. The van der Waals surface area contributed by atoms with Crippen LogP contribution in [0, 0.1) is 11.8 Å². The number of hydrogen-bond donors (Lipinski definition) is 0. The monoisotopic (exact) mass is 434 g/mol. The predicted molar refractivity (Wildman–Crippen MR) is 111 cm³/mol. The fraction of sp³-hybridized carbons (Fsp3) is 0.318. The summed E-state index contributed by atoms with van der Waals surface area (Å²) in [5, 5.41) is 8.93. The third kappa shape index (κ3) is 3.10. The molecule has 2 aliphatic rings. The van der Waals surface area contributed by atoms with E-state index in [4.69, 9.17) is 0 Å². The molecule has 32 heavy (non-hydrogen) atoms. The van der Waals surface area contributed by atoms with Gasteiger partial charge in [-0.2, -0.15) is 14.6 Å². The van der Waals surface area contributed by atoms with Crippen molar-refractivity contribution in [1.29, 1.82) is 0 Å². The number of aromatic nitrogens is 7. The molecule has 1 aromatic carbocycles. The highest BCUT2D eigenvalue weighted by atomic mass is 19.1. The van der Waals surface area contributed by atoms with E-state index in [9.17, 15) is 8.78 Å². The quantitative estimate of drug-likeness (QED) is 0.462. The molecule has 4 aromatic rings. The smallest absolute Gasteiger partial charge is 0.212 e. The van der Waals surface area contributed by atoms with Crippen LogP contribution in [0.3, 0.4) is 0 Å². The summed E-state index contributed by atoms with van der Waals surface area (Å²) in [6.07, 6.45) is 2.97. The van der Waals surface area contributed by atoms with E-state index in [1.165, 1.54) is 24.7 Å². The van der Waals surface area contributed by atoms with Crippen LogP contribution in [-0.2, 0) is 19.6 Å². The van der Waals surface area contributed by atoms with Gasteiger partial charge >= 0.3 is 0 Å². The van der Waals surface area contributed by atoms with E-state index in [2.05, 4.69) is 37.0 Å². The van der Waals surface area contributed by atoms with Crippen LogP contribution in [-0.4, -0.2) is 52.0 Å². The van der Waals surface area contributed by atoms with Gasteiger partial charge in [0.1, 0.15) is 18.0 Å². The van der Waals surface area contributed by atoms with Crippen LogP contribution >= 0.6 is 0 Å². The first-order valence-electron chi connectivity index (χ1n) is 10.5. The lowest BCUT2D eigenvalue weighted by Crippen LogP contribution is -2.44. The summed E-state index contributed by atoms with van der Waals surface area (Å²) in [4.78, 5) is 15.1. The Morgan fingerprint density at radius 3 is 2.81 bits per heavy atom. The van der Waals surface area contributed by atoms with E-state index in [-0.39, 0.29) is 17.8 Å². The Balaban J connectivity index is 1.28. The lowest BCUT2D eigenvalue weighted by molar-refractivity contribution is 0.130. The van der Waals surface area contributed by atoms with Crippen LogP contribution in [0.4, 0.5) is 8.78 Å². The Labute approximate surface area is 182 Å². The van der Waals surface area contributed by atoms with Crippen molar-refractivity contribution in [3.63, 3.8) is 0 Å². The van der Waals surface area contributed by atoms with Gasteiger partial charge in [-0.05, 0) is 36.8 Å². The van der Waals surface area contributed by atoms with Crippen molar-refractivity contribution in [1.82, 2.24) is 39.4 Å². The molecule has 2 aliphatic heterocycles. The molecule has 0 spiro atoms. The van der Waals surface area contributed by atoms with Crippen LogP contribution in [0.15, 0.2) is 42.9 Å². The third-order valence-corrected chi connectivity index (χ3v) is 6.48. The van der Waals surface area contributed by atoms with Gasteiger partial charge in [0.15, 0.2) is 11.6 Å². The van der Waals surface area contributed by atoms with Crippen molar-refractivity contribution < 1.29 is 8.78 Å². The highest BCUT2D eigenvalue weighted by Gasteiger charge is 2.34. The van der Waals surface area contributed by atoms with Crippen molar-refractivity contribution in [2.24, 2.45) is 0 Å². The summed E-state index contributed by atoms with van der Waals surface area (Å²) in [6.45, 7) is 5.04. The molecular formula is C22H20F2N8. The zero-order chi connectivity index (χ0) is 21.8. The summed E-state index contributed by atoms with van der Waals surface area (Å²) >= 11 is 0. The molecular weight excluding hydrogens is 414 g/mol. The molecule has 0 saturated heterocycles. The molecule has 6 rings (SSSR count). The number of fused-ring (bicyclic) bond motifs is 4. The van der Waals surface area contributed by atoms with Gasteiger partial charge in [-0.25, -0.2) is 28.7 Å². The Morgan fingerprint density at radius 1 is 1.06 bits per heavy atom. The van der Waals surface area contributed by atoms with E-state index in [0.717, 1.165) is 23.5 Å². The summed E-state index contributed by atoms with van der Waals surface area (Å²) < 4.78 is 30.9. The molecule has 0 fully saturated rings. The van der Waals surface area contributed by atoms with Gasteiger partial charge in [-0.3, -0.25) is 4.90 Å². The normalized spacial score (nSPS) is 18.7. The minimum absolute atomic E-state index is 0.134. The molecule has 2 atom stereocenters. The number of halogens is 2. The largest absolute Gasteiger partial charge is 0.291 e. The first-order valence-corrected chi connectivity index (χ1v) is 10.5. The molecule has 0 aliphatic carbocycles. The van der Waals surface area contributed by atoms with Crippen LogP contribution in [0.25, 0.3) is 22.8 Å². The second kappa shape index (κ2) is 7.27. The van der Waals surface area contributed by atoms with Gasteiger partial charge in [0.2, 0.25) is 5.95 Å². The van der Waals surface area contributed by atoms with E-state index in [1.54, 1.807) is 12.1 Å². The number of rotatable bonds is 3. The van der Waals surface area contributed by atoms with Gasteiger partial charge in [-0.1, -0.05) is 6.07 Å². The van der Waals surface area contributed by atoms with Crippen LogP contribution in [0.1, 0.15) is 24.2 Å². The molecule has 0 amide bonds. The molecule has 0 N–H and O–H groups in total. The van der Waals surface area contributed by atoms with E-state index in [1.807, 2.05) is 15.4 Å². The summed E-state index contributed by atoms with van der Waals surface area (Å²) in [5.41, 5.74) is 2.58. The lowest BCUT2D eigenvalue weighted by atomic mass is 9.85. The first-order chi connectivity index (χ1) is 15.6. The van der Waals surface area contributed by atoms with E-state index >= 15 is 0 Å².